The lowest BCUT2D eigenvalue weighted by Gasteiger charge is -2.41. The molecule has 0 aromatic carbocycles. The van der Waals surface area contributed by atoms with Gasteiger partial charge in [0.05, 0.1) is 13.2 Å². The lowest BCUT2D eigenvalue weighted by molar-refractivity contribution is -0.132. The predicted molar refractivity (Wildman–Crippen MR) is 105 cm³/mol. The maximum Gasteiger partial charge on any atom is 0.224 e. The topological polar surface area (TPSA) is 69.2 Å². The van der Waals surface area contributed by atoms with Crippen molar-refractivity contribution in [2.24, 2.45) is 10.9 Å². The van der Waals surface area contributed by atoms with Gasteiger partial charge in [-0.05, 0) is 32.6 Å². The molecule has 0 spiro atoms. The third-order valence-electron chi connectivity index (χ3n) is 5.42. The van der Waals surface area contributed by atoms with Crippen LogP contribution in [0.25, 0.3) is 0 Å². The highest BCUT2D eigenvalue weighted by molar-refractivity contribution is 5.81. The molecule has 1 atom stereocenters. The van der Waals surface area contributed by atoms with Crippen LogP contribution in [-0.4, -0.2) is 86.7 Å². The standard InChI is InChI=1S/C19H37N5O2/c1-16-6-5-9-23(14-16)17(25)7-8-21-18(20-4)22-15-19(2,3)24-10-12-26-13-11-24/h16H,5-15H2,1-4H3,(H2,20,21,22). The number of hydrogen-bond donors (Lipinski definition) is 2. The van der Waals surface area contributed by atoms with Gasteiger partial charge in [-0.1, -0.05) is 6.92 Å². The molecule has 7 heteroatoms. The molecule has 2 saturated heterocycles. The van der Waals surface area contributed by atoms with Crippen LogP contribution < -0.4 is 10.6 Å². The summed E-state index contributed by atoms with van der Waals surface area (Å²) in [4.78, 5) is 21.1. The number of morpholine rings is 1. The van der Waals surface area contributed by atoms with Crippen LogP contribution in [0.3, 0.4) is 0 Å². The zero-order chi connectivity index (χ0) is 19.0. The van der Waals surface area contributed by atoms with Gasteiger partial charge >= 0.3 is 0 Å². The van der Waals surface area contributed by atoms with Crippen molar-refractivity contribution in [2.45, 2.75) is 45.6 Å². The molecule has 0 radical (unpaired) electrons. The first kappa shape index (κ1) is 21.0. The molecule has 0 aromatic rings. The Bertz CT molecular complexity index is 475. The lowest BCUT2D eigenvalue weighted by Crippen LogP contribution is -2.56. The Morgan fingerprint density at radius 2 is 1.96 bits per heavy atom. The van der Waals surface area contributed by atoms with E-state index in [-0.39, 0.29) is 11.4 Å². The smallest absolute Gasteiger partial charge is 0.224 e. The van der Waals surface area contributed by atoms with Crippen LogP contribution in [0.15, 0.2) is 4.99 Å². The quantitative estimate of drug-likeness (QED) is 0.539. The maximum absolute atomic E-state index is 12.3. The SMILES string of the molecule is CN=C(NCCC(=O)N1CCCC(C)C1)NCC(C)(C)N1CCOCC1. The molecular weight excluding hydrogens is 330 g/mol. The van der Waals surface area contributed by atoms with Gasteiger partial charge in [-0.15, -0.1) is 0 Å². The molecule has 0 bridgehead atoms. The molecule has 26 heavy (non-hydrogen) atoms. The van der Waals surface area contributed by atoms with Crippen molar-refractivity contribution < 1.29 is 9.53 Å². The number of likely N-dealkylation sites (tertiary alicyclic amines) is 1. The molecule has 2 aliphatic rings. The van der Waals surface area contributed by atoms with Gasteiger partial charge in [0.1, 0.15) is 0 Å². The average Bonchev–Trinajstić information content (AvgIpc) is 2.65. The second-order valence-corrected chi connectivity index (χ2v) is 8.10. The fourth-order valence-electron chi connectivity index (χ4n) is 3.66. The first-order valence-corrected chi connectivity index (χ1v) is 9.97. The molecule has 2 aliphatic heterocycles. The summed E-state index contributed by atoms with van der Waals surface area (Å²) in [6.45, 7) is 13.4. The molecule has 7 nitrogen and oxygen atoms in total. The number of guanidine groups is 1. The van der Waals surface area contributed by atoms with Gasteiger partial charge < -0.3 is 20.3 Å². The number of nitrogens with one attached hydrogen (secondary N) is 2. The second kappa shape index (κ2) is 10.1. The number of piperidine rings is 1. The number of amides is 1. The Morgan fingerprint density at radius 3 is 2.62 bits per heavy atom. The summed E-state index contributed by atoms with van der Waals surface area (Å²) >= 11 is 0. The summed E-state index contributed by atoms with van der Waals surface area (Å²) in [5.41, 5.74) is 0.0289. The van der Waals surface area contributed by atoms with Crippen molar-refractivity contribution in [3.8, 4) is 0 Å². The number of rotatable bonds is 6. The van der Waals surface area contributed by atoms with Crippen molar-refractivity contribution >= 4 is 11.9 Å². The average molecular weight is 368 g/mol. The van der Waals surface area contributed by atoms with Crippen molar-refractivity contribution in [1.82, 2.24) is 20.4 Å². The van der Waals surface area contributed by atoms with Crippen LogP contribution in [0, 0.1) is 5.92 Å². The van der Waals surface area contributed by atoms with Crippen LogP contribution in [-0.2, 0) is 9.53 Å². The van der Waals surface area contributed by atoms with Crippen LogP contribution >= 0.6 is 0 Å². The highest BCUT2D eigenvalue weighted by Crippen LogP contribution is 2.16. The van der Waals surface area contributed by atoms with Gasteiger partial charge in [0.25, 0.3) is 0 Å². The summed E-state index contributed by atoms with van der Waals surface area (Å²) in [6.07, 6.45) is 2.87. The van der Waals surface area contributed by atoms with E-state index in [1.807, 2.05) is 4.90 Å². The summed E-state index contributed by atoms with van der Waals surface area (Å²) in [5, 5.41) is 6.67. The van der Waals surface area contributed by atoms with Gasteiger partial charge in [0, 0.05) is 58.3 Å². The molecule has 150 valence electrons. The highest BCUT2D eigenvalue weighted by atomic mass is 16.5. The molecule has 0 aromatic heterocycles. The maximum atomic E-state index is 12.3. The van der Waals surface area contributed by atoms with Gasteiger partial charge in [0.15, 0.2) is 5.96 Å². The third-order valence-corrected chi connectivity index (χ3v) is 5.42. The van der Waals surface area contributed by atoms with Crippen molar-refractivity contribution in [3.63, 3.8) is 0 Å². The zero-order valence-corrected chi connectivity index (χ0v) is 17.0. The third kappa shape index (κ3) is 6.43. The van der Waals surface area contributed by atoms with E-state index in [0.29, 0.717) is 18.9 Å². The number of aliphatic imine (C=N–C) groups is 1. The van der Waals surface area contributed by atoms with Gasteiger partial charge in [-0.25, -0.2) is 0 Å². The number of hydrogen-bond acceptors (Lipinski definition) is 4. The number of carbonyl (C=O) groups is 1. The monoisotopic (exact) mass is 367 g/mol. The van der Waals surface area contributed by atoms with E-state index >= 15 is 0 Å². The second-order valence-electron chi connectivity index (χ2n) is 8.10. The first-order chi connectivity index (χ1) is 12.4. The van der Waals surface area contributed by atoms with E-state index in [2.05, 4.69) is 41.3 Å². The number of nitrogens with zero attached hydrogens (tertiary/aromatic N) is 3. The molecule has 2 N–H and O–H groups in total. The van der Waals surface area contributed by atoms with E-state index in [9.17, 15) is 4.79 Å². The van der Waals surface area contributed by atoms with Crippen LogP contribution in [0.1, 0.15) is 40.0 Å². The molecule has 1 amide bonds. The van der Waals surface area contributed by atoms with Crippen LogP contribution in [0.4, 0.5) is 0 Å². The Kier molecular flexibility index (Phi) is 8.15. The van der Waals surface area contributed by atoms with Crippen LogP contribution in [0.2, 0.25) is 0 Å². The van der Waals surface area contributed by atoms with Crippen LogP contribution in [0.5, 0.6) is 0 Å². The first-order valence-electron chi connectivity index (χ1n) is 9.97. The van der Waals surface area contributed by atoms with E-state index in [0.717, 1.165) is 58.3 Å². The Labute approximate surface area is 158 Å². The predicted octanol–water partition coefficient (Wildman–Crippen LogP) is 0.911. The molecular formula is C19H37N5O2. The Morgan fingerprint density at radius 1 is 1.23 bits per heavy atom. The van der Waals surface area contributed by atoms with E-state index < -0.39 is 0 Å². The van der Waals surface area contributed by atoms with E-state index in [4.69, 9.17) is 4.74 Å². The minimum Gasteiger partial charge on any atom is -0.379 e. The van der Waals surface area contributed by atoms with Gasteiger partial charge in [0.2, 0.25) is 5.91 Å². The normalized spacial score (nSPS) is 23.0. The van der Waals surface area contributed by atoms with E-state index in [1.165, 1.54) is 6.42 Å². The highest BCUT2D eigenvalue weighted by Gasteiger charge is 2.28. The van der Waals surface area contributed by atoms with Crippen molar-refractivity contribution in [1.29, 1.82) is 0 Å². The van der Waals surface area contributed by atoms with E-state index in [1.54, 1.807) is 7.05 Å². The molecule has 2 fully saturated rings. The minimum absolute atomic E-state index is 0.0289. The largest absolute Gasteiger partial charge is 0.379 e. The fourth-order valence-corrected chi connectivity index (χ4v) is 3.66. The van der Waals surface area contributed by atoms with Crippen molar-refractivity contribution in [3.05, 3.63) is 0 Å². The van der Waals surface area contributed by atoms with Crippen molar-refractivity contribution in [2.75, 3.05) is 59.5 Å². The van der Waals surface area contributed by atoms with Gasteiger partial charge in [-0.2, -0.15) is 0 Å². The summed E-state index contributed by atoms with van der Waals surface area (Å²) in [5.74, 6) is 1.62. The molecule has 2 rings (SSSR count). The Hall–Kier alpha value is -1.34. The lowest BCUT2D eigenvalue weighted by atomic mass is 10.00. The van der Waals surface area contributed by atoms with Gasteiger partial charge in [-0.3, -0.25) is 14.7 Å². The number of carbonyl (C=O) groups excluding carboxylic acids is 1. The zero-order valence-electron chi connectivity index (χ0n) is 17.0. The Balaban J connectivity index is 1.69. The molecule has 0 saturated carbocycles. The summed E-state index contributed by atoms with van der Waals surface area (Å²) in [7, 11) is 1.77. The summed E-state index contributed by atoms with van der Waals surface area (Å²) < 4.78 is 5.44. The minimum atomic E-state index is 0.0289. The fraction of sp³-hybridized carbons (Fsp3) is 0.895. The number of ether oxygens (including phenoxy) is 1. The molecule has 1 unspecified atom stereocenters. The molecule has 2 heterocycles. The summed E-state index contributed by atoms with van der Waals surface area (Å²) in [6, 6.07) is 0. The molecule has 0 aliphatic carbocycles.